The Hall–Kier alpha value is -3.63. The Bertz CT molecular complexity index is 1460. The van der Waals surface area contributed by atoms with Gasteiger partial charge in [-0.05, 0) is 83.5 Å². The van der Waals surface area contributed by atoms with Crippen molar-refractivity contribution in [1.29, 1.82) is 0 Å². The summed E-state index contributed by atoms with van der Waals surface area (Å²) in [4.78, 5) is 35.3. The lowest BCUT2D eigenvalue weighted by atomic mass is 10.1. The lowest BCUT2D eigenvalue weighted by molar-refractivity contribution is -0.870. The molecule has 1 unspecified atom stereocenters. The van der Waals surface area contributed by atoms with Gasteiger partial charge in [0, 0.05) is 12.8 Å². The van der Waals surface area contributed by atoms with E-state index in [1.54, 1.807) is 6.08 Å². The maximum absolute atomic E-state index is 12.7. The molecule has 0 amide bonds. The van der Waals surface area contributed by atoms with Crippen LogP contribution >= 0.6 is 7.82 Å². The van der Waals surface area contributed by atoms with E-state index in [-0.39, 0.29) is 26.1 Å². The number of aliphatic hydroxyl groups is 1. The molecule has 0 saturated carbocycles. The highest BCUT2D eigenvalue weighted by molar-refractivity contribution is 7.47. The van der Waals surface area contributed by atoms with Gasteiger partial charge in [-0.2, -0.15) is 0 Å². The average molecular weight is 871 g/mol. The molecule has 11 heteroatoms. The standard InChI is InChI=1S/C50H80NO9P/c1-6-8-10-12-14-15-16-17-18-19-20-21-22-23-24-25-30-34-38-42-50(54)60-48(46-59-61(55,56)58-44-43-51(3,4)5)45-57-49(53)41-37-33-29-27-26-28-32-36-40-47(52)39-35-31-13-11-9-7-2/h8,10,14-15,17-18,20-21,23-24,27-32,34-36,40,47-48,52H,6-7,9,11-13,16,19,22,25-26,33,37-39,41-46H2,1-5H3/p+1/b10-8-,15-14-,18-17-,21-20-,24-23-,29-27-,32-28-,34-30-,35-31-,40-36+/t47-,48-/m1/s1. The number of aliphatic hydroxyl groups excluding tert-OH is 1. The van der Waals surface area contributed by atoms with Crippen molar-refractivity contribution < 1.29 is 47.2 Å². The number of hydrogen-bond donors (Lipinski definition) is 2. The second kappa shape index (κ2) is 40.4. The third-order valence-corrected chi connectivity index (χ3v) is 9.55. The van der Waals surface area contributed by atoms with Gasteiger partial charge in [0.15, 0.2) is 6.10 Å². The van der Waals surface area contributed by atoms with Crippen molar-refractivity contribution in [2.24, 2.45) is 0 Å². The van der Waals surface area contributed by atoms with Crippen LogP contribution in [0.4, 0.5) is 0 Å². The fourth-order valence-corrected chi connectivity index (χ4v) is 5.80. The maximum Gasteiger partial charge on any atom is 0.472 e. The van der Waals surface area contributed by atoms with E-state index >= 15 is 0 Å². The van der Waals surface area contributed by atoms with Gasteiger partial charge in [-0.15, -0.1) is 0 Å². The second-order valence-corrected chi connectivity index (χ2v) is 17.0. The Morgan fingerprint density at radius 3 is 1.74 bits per heavy atom. The zero-order valence-electron chi connectivity index (χ0n) is 38.2. The minimum atomic E-state index is -4.43. The number of hydrogen-bond acceptors (Lipinski definition) is 8. The van der Waals surface area contributed by atoms with Crippen molar-refractivity contribution in [2.75, 3.05) is 47.5 Å². The van der Waals surface area contributed by atoms with Crippen molar-refractivity contribution in [1.82, 2.24) is 0 Å². The molecular formula is C50H81NO9P+. The topological polar surface area (TPSA) is 129 Å². The first-order valence-corrected chi connectivity index (χ1v) is 23.9. The van der Waals surface area contributed by atoms with Crippen molar-refractivity contribution in [2.45, 2.75) is 135 Å². The molecule has 0 aliphatic heterocycles. The van der Waals surface area contributed by atoms with Crippen LogP contribution in [0.2, 0.25) is 0 Å². The SMILES string of the molecule is CC/C=C\C/C=C\C/C=C\C/C=C\C/C=C\C/C=C\CCC(=O)O[C@H](COC(=O)CCC/C=C\C/C=C\C=C\[C@H](O)C/C=C\CCCCC)COP(=O)(O)OCC[N+](C)(C)C. The third-order valence-electron chi connectivity index (χ3n) is 8.57. The lowest BCUT2D eigenvalue weighted by Gasteiger charge is -2.24. The van der Waals surface area contributed by atoms with Gasteiger partial charge in [0.2, 0.25) is 0 Å². The molecular weight excluding hydrogens is 790 g/mol. The van der Waals surface area contributed by atoms with E-state index in [1.807, 2.05) is 69.8 Å². The molecule has 0 spiro atoms. The molecule has 344 valence electrons. The predicted molar refractivity (Wildman–Crippen MR) is 253 cm³/mol. The fourth-order valence-electron chi connectivity index (χ4n) is 5.06. The predicted octanol–water partition coefficient (Wildman–Crippen LogP) is 11.9. The van der Waals surface area contributed by atoms with Crippen molar-refractivity contribution >= 4 is 19.8 Å². The van der Waals surface area contributed by atoms with Gasteiger partial charge >= 0.3 is 19.8 Å². The normalized spacial score (nSPS) is 15.2. The van der Waals surface area contributed by atoms with E-state index < -0.39 is 38.6 Å². The molecule has 0 aliphatic rings. The van der Waals surface area contributed by atoms with Crippen LogP contribution in [0.5, 0.6) is 0 Å². The molecule has 3 atom stereocenters. The van der Waals surface area contributed by atoms with E-state index in [4.69, 9.17) is 18.5 Å². The third kappa shape index (κ3) is 44.2. The molecule has 0 aromatic carbocycles. The summed E-state index contributed by atoms with van der Waals surface area (Å²) in [7, 11) is 1.34. The summed E-state index contributed by atoms with van der Waals surface area (Å²) < 4.78 is 34.1. The number of carbonyl (C=O) groups excluding carboxylic acids is 2. The van der Waals surface area contributed by atoms with Crippen LogP contribution in [-0.4, -0.2) is 86.1 Å². The van der Waals surface area contributed by atoms with Gasteiger partial charge < -0.3 is 24.0 Å². The Morgan fingerprint density at radius 1 is 0.607 bits per heavy atom. The molecule has 0 rings (SSSR count). The lowest BCUT2D eigenvalue weighted by Crippen LogP contribution is -2.37. The van der Waals surface area contributed by atoms with Gasteiger partial charge in [0.25, 0.3) is 0 Å². The molecule has 61 heavy (non-hydrogen) atoms. The highest BCUT2D eigenvalue weighted by atomic mass is 31.2. The van der Waals surface area contributed by atoms with Gasteiger partial charge in [0.05, 0.1) is 33.9 Å². The van der Waals surface area contributed by atoms with Crippen LogP contribution in [0.1, 0.15) is 123 Å². The molecule has 0 aromatic heterocycles. The molecule has 0 saturated heterocycles. The summed E-state index contributed by atoms with van der Waals surface area (Å²) in [6.45, 7) is 4.00. The monoisotopic (exact) mass is 871 g/mol. The molecule has 2 N–H and O–H groups in total. The summed E-state index contributed by atoms with van der Waals surface area (Å²) in [6, 6.07) is 0. The first kappa shape index (κ1) is 57.4. The quantitative estimate of drug-likeness (QED) is 0.0156. The van der Waals surface area contributed by atoms with Crippen molar-refractivity contribution in [3.8, 4) is 0 Å². The molecule has 0 aliphatic carbocycles. The first-order valence-electron chi connectivity index (χ1n) is 22.4. The zero-order valence-corrected chi connectivity index (χ0v) is 39.1. The molecule has 0 radical (unpaired) electrons. The number of ether oxygens (including phenoxy) is 2. The number of phosphoric ester groups is 1. The van der Waals surface area contributed by atoms with E-state index in [1.165, 1.54) is 19.3 Å². The van der Waals surface area contributed by atoms with Crippen LogP contribution in [0.25, 0.3) is 0 Å². The van der Waals surface area contributed by atoms with Gasteiger partial charge in [-0.25, -0.2) is 4.57 Å². The summed E-state index contributed by atoms with van der Waals surface area (Å²) >= 11 is 0. The summed E-state index contributed by atoms with van der Waals surface area (Å²) in [5.74, 6) is -1.02. The van der Waals surface area contributed by atoms with Gasteiger partial charge in [-0.1, -0.05) is 148 Å². The number of allylic oxidation sites excluding steroid dienone is 18. The van der Waals surface area contributed by atoms with Crippen LogP contribution in [0.3, 0.4) is 0 Å². The zero-order chi connectivity index (χ0) is 45.1. The highest BCUT2D eigenvalue weighted by Crippen LogP contribution is 2.43. The Morgan fingerprint density at radius 2 is 1.15 bits per heavy atom. The van der Waals surface area contributed by atoms with E-state index in [9.17, 15) is 24.2 Å². The molecule has 0 aromatic rings. The summed E-state index contributed by atoms with van der Waals surface area (Å²) in [5.41, 5.74) is 0. The largest absolute Gasteiger partial charge is 0.472 e. The van der Waals surface area contributed by atoms with E-state index in [0.29, 0.717) is 36.7 Å². The number of rotatable bonds is 38. The Labute approximate surface area is 370 Å². The molecule has 10 nitrogen and oxygen atoms in total. The van der Waals surface area contributed by atoms with Gasteiger partial charge in [-0.3, -0.25) is 18.6 Å². The average Bonchev–Trinajstić information content (AvgIpc) is 3.21. The number of quaternary nitrogens is 1. The molecule has 0 bridgehead atoms. The van der Waals surface area contributed by atoms with Crippen molar-refractivity contribution in [3.63, 3.8) is 0 Å². The Balaban J connectivity index is 4.66. The molecule has 0 fully saturated rings. The van der Waals surface area contributed by atoms with Crippen LogP contribution in [0.15, 0.2) is 122 Å². The van der Waals surface area contributed by atoms with E-state index in [2.05, 4.69) is 80.7 Å². The Kier molecular flexibility index (Phi) is 38.0. The highest BCUT2D eigenvalue weighted by Gasteiger charge is 2.27. The number of phosphoric acid groups is 1. The van der Waals surface area contributed by atoms with Crippen LogP contribution in [0, 0.1) is 0 Å². The number of esters is 2. The number of likely N-dealkylation sites (N-methyl/N-ethyl adjacent to an activating group) is 1. The maximum atomic E-state index is 12.7. The summed E-state index contributed by atoms with van der Waals surface area (Å²) in [5, 5.41) is 10.0. The minimum absolute atomic E-state index is 0.00798. The van der Waals surface area contributed by atoms with Crippen LogP contribution in [-0.2, 0) is 32.7 Å². The van der Waals surface area contributed by atoms with Crippen LogP contribution < -0.4 is 0 Å². The summed E-state index contributed by atoms with van der Waals surface area (Å²) in [6.07, 6.45) is 53.0. The number of unbranched alkanes of at least 4 members (excludes halogenated alkanes) is 4. The minimum Gasteiger partial charge on any atom is -0.462 e. The first-order chi connectivity index (χ1) is 29.4. The van der Waals surface area contributed by atoms with E-state index in [0.717, 1.165) is 51.4 Å². The van der Waals surface area contributed by atoms with Gasteiger partial charge in [0.1, 0.15) is 19.8 Å². The molecule has 0 heterocycles. The number of carbonyl (C=O) groups is 2. The van der Waals surface area contributed by atoms with Crippen molar-refractivity contribution in [3.05, 3.63) is 122 Å². The smallest absolute Gasteiger partial charge is 0.462 e. The second-order valence-electron chi connectivity index (χ2n) is 15.5. The fraction of sp³-hybridized carbons (Fsp3) is 0.560. The number of nitrogens with zero attached hydrogens (tertiary/aromatic N) is 1.